The Morgan fingerprint density at radius 3 is 2.23 bits per heavy atom. The van der Waals surface area contributed by atoms with Crippen molar-refractivity contribution in [3.63, 3.8) is 0 Å². The molecular formula is C7H18BrO3PSi. The first kappa shape index (κ1) is 13.8. The number of rotatable bonds is 6. The molecule has 1 unspecified atom stereocenters. The first-order valence-corrected chi connectivity index (χ1v) is 10.6. The van der Waals surface area contributed by atoms with E-state index in [9.17, 15) is 4.57 Å². The Bertz CT molecular complexity index is 193. The summed E-state index contributed by atoms with van der Waals surface area (Å²) in [6, 6.07) is 0. The lowest BCUT2D eigenvalue weighted by atomic mass is 10.9. The fraction of sp³-hybridized carbons (Fsp3) is 1.00. The van der Waals surface area contributed by atoms with Crippen molar-refractivity contribution in [1.82, 2.24) is 0 Å². The standard InChI is InChI=1S/C7H18BrO3PSi/c1-5-12(9,10-7-6-8)11-13(2,3)4/h5-7H2,1-4H3. The van der Waals surface area contributed by atoms with Gasteiger partial charge in [0.25, 0.3) is 0 Å². The summed E-state index contributed by atoms with van der Waals surface area (Å²) in [6.45, 7) is 8.29. The van der Waals surface area contributed by atoms with Crippen LogP contribution >= 0.6 is 23.5 Å². The third-order valence-corrected chi connectivity index (χ3v) is 6.14. The van der Waals surface area contributed by atoms with Crippen molar-refractivity contribution in [3.8, 4) is 0 Å². The fourth-order valence-corrected chi connectivity index (χ4v) is 5.80. The molecule has 0 saturated carbocycles. The Hall–Kier alpha value is 0.847. The van der Waals surface area contributed by atoms with E-state index < -0.39 is 15.9 Å². The minimum Gasteiger partial charge on any atom is -0.351 e. The third kappa shape index (κ3) is 6.86. The van der Waals surface area contributed by atoms with Crippen molar-refractivity contribution in [1.29, 1.82) is 0 Å². The highest BCUT2D eigenvalue weighted by Gasteiger charge is 2.29. The predicted octanol–water partition coefficient (Wildman–Crippen LogP) is 3.46. The first-order valence-electron chi connectivity index (χ1n) is 4.33. The first-order chi connectivity index (χ1) is 5.83. The zero-order chi connectivity index (χ0) is 10.5. The summed E-state index contributed by atoms with van der Waals surface area (Å²) >= 11 is 3.22. The van der Waals surface area contributed by atoms with E-state index in [4.69, 9.17) is 8.74 Å². The molecule has 0 N–H and O–H groups in total. The monoisotopic (exact) mass is 288 g/mol. The average Bonchev–Trinajstić information content (AvgIpc) is 1.98. The second-order valence-corrected chi connectivity index (χ2v) is 11.5. The summed E-state index contributed by atoms with van der Waals surface area (Å²) in [5.74, 6) is 0. The molecule has 0 bridgehead atoms. The van der Waals surface area contributed by atoms with Gasteiger partial charge in [-0.1, -0.05) is 22.9 Å². The molecule has 6 heteroatoms. The van der Waals surface area contributed by atoms with Crippen LogP contribution in [0.4, 0.5) is 0 Å². The lowest BCUT2D eigenvalue weighted by molar-refractivity contribution is 0.282. The highest BCUT2D eigenvalue weighted by molar-refractivity contribution is 9.09. The van der Waals surface area contributed by atoms with Crippen LogP contribution < -0.4 is 0 Å². The van der Waals surface area contributed by atoms with Gasteiger partial charge in [-0.05, 0) is 19.6 Å². The molecule has 0 aliphatic rings. The lowest BCUT2D eigenvalue weighted by Gasteiger charge is -2.24. The molecule has 0 spiro atoms. The summed E-state index contributed by atoms with van der Waals surface area (Å²) in [7, 11) is -4.57. The Morgan fingerprint density at radius 2 is 1.92 bits per heavy atom. The van der Waals surface area contributed by atoms with Crippen LogP contribution in [-0.2, 0) is 13.3 Å². The molecule has 0 saturated heterocycles. The molecule has 0 aromatic heterocycles. The van der Waals surface area contributed by atoms with Crippen LogP contribution in [0.15, 0.2) is 0 Å². The summed E-state index contributed by atoms with van der Waals surface area (Å²) in [5, 5.41) is 0.687. The molecule has 0 rings (SSSR count). The van der Waals surface area contributed by atoms with Crippen molar-refractivity contribution >= 4 is 31.8 Å². The van der Waals surface area contributed by atoms with Gasteiger partial charge in [0.2, 0.25) is 0 Å². The smallest absolute Gasteiger partial charge is 0.320 e. The Kier molecular flexibility index (Phi) is 6.03. The summed E-state index contributed by atoms with van der Waals surface area (Å²) in [4.78, 5) is 0. The zero-order valence-electron chi connectivity index (χ0n) is 8.67. The number of hydrogen-bond donors (Lipinski definition) is 0. The molecule has 0 radical (unpaired) electrons. The van der Waals surface area contributed by atoms with E-state index in [1.165, 1.54) is 0 Å². The van der Waals surface area contributed by atoms with Crippen molar-refractivity contribution in [2.75, 3.05) is 18.1 Å². The number of hydrogen-bond acceptors (Lipinski definition) is 3. The van der Waals surface area contributed by atoms with Crippen LogP contribution in [0.2, 0.25) is 19.6 Å². The Labute approximate surface area is 90.0 Å². The van der Waals surface area contributed by atoms with Crippen molar-refractivity contribution in [2.45, 2.75) is 26.6 Å². The lowest BCUT2D eigenvalue weighted by Crippen LogP contribution is -2.24. The van der Waals surface area contributed by atoms with Gasteiger partial charge in [0, 0.05) is 11.5 Å². The molecule has 3 nitrogen and oxygen atoms in total. The fourth-order valence-electron chi connectivity index (χ4n) is 0.773. The van der Waals surface area contributed by atoms with Gasteiger partial charge in [0.05, 0.1) is 6.61 Å². The zero-order valence-corrected chi connectivity index (χ0v) is 12.2. The number of halogens is 1. The molecule has 0 aromatic rings. The normalized spacial score (nSPS) is 17.0. The predicted molar refractivity (Wildman–Crippen MR) is 62.3 cm³/mol. The largest absolute Gasteiger partial charge is 0.351 e. The molecule has 0 amide bonds. The van der Waals surface area contributed by atoms with E-state index in [0.717, 1.165) is 0 Å². The Morgan fingerprint density at radius 1 is 1.38 bits per heavy atom. The van der Waals surface area contributed by atoms with Gasteiger partial charge in [-0.3, -0.25) is 4.57 Å². The molecule has 0 heterocycles. The quantitative estimate of drug-likeness (QED) is 0.427. The minimum atomic E-state index is -2.81. The highest BCUT2D eigenvalue weighted by Crippen LogP contribution is 2.50. The second kappa shape index (κ2) is 5.66. The van der Waals surface area contributed by atoms with Gasteiger partial charge >= 0.3 is 7.60 Å². The molecule has 0 fully saturated rings. The van der Waals surface area contributed by atoms with Crippen LogP contribution in [0.1, 0.15) is 6.92 Å². The summed E-state index contributed by atoms with van der Waals surface area (Å²) in [6.07, 6.45) is 0.449. The van der Waals surface area contributed by atoms with Gasteiger partial charge < -0.3 is 8.74 Å². The van der Waals surface area contributed by atoms with Crippen LogP contribution in [-0.4, -0.2) is 26.4 Å². The molecular weight excluding hydrogens is 271 g/mol. The average molecular weight is 289 g/mol. The van der Waals surface area contributed by atoms with Crippen LogP contribution in [0.25, 0.3) is 0 Å². The molecule has 1 atom stereocenters. The van der Waals surface area contributed by atoms with E-state index in [-0.39, 0.29) is 0 Å². The van der Waals surface area contributed by atoms with Crippen molar-refractivity contribution in [2.24, 2.45) is 0 Å². The minimum absolute atomic E-state index is 0.440. The SMILES string of the molecule is CCP(=O)(OCCBr)O[Si](C)(C)C. The molecule has 80 valence electrons. The van der Waals surface area contributed by atoms with E-state index in [1.54, 1.807) is 0 Å². The van der Waals surface area contributed by atoms with Gasteiger partial charge in [-0.2, -0.15) is 0 Å². The summed E-state index contributed by atoms with van der Waals surface area (Å²) < 4.78 is 22.7. The molecule has 13 heavy (non-hydrogen) atoms. The van der Waals surface area contributed by atoms with Crippen molar-refractivity contribution < 1.29 is 13.3 Å². The third-order valence-electron chi connectivity index (χ3n) is 1.17. The Balaban J connectivity index is 4.20. The molecule has 0 aromatic carbocycles. The number of alkyl halides is 1. The van der Waals surface area contributed by atoms with Gasteiger partial charge in [-0.25, -0.2) is 0 Å². The molecule has 0 aliphatic heterocycles. The molecule has 0 aliphatic carbocycles. The van der Waals surface area contributed by atoms with E-state index in [2.05, 4.69) is 15.9 Å². The van der Waals surface area contributed by atoms with Crippen LogP contribution in [0.3, 0.4) is 0 Å². The second-order valence-electron chi connectivity index (χ2n) is 3.65. The van der Waals surface area contributed by atoms with Gasteiger partial charge in [0.15, 0.2) is 8.32 Å². The van der Waals surface area contributed by atoms with Crippen molar-refractivity contribution in [3.05, 3.63) is 0 Å². The van der Waals surface area contributed by atoms with Crippen LogP contribution in [0.5, 0.6) is 0 Å². The van der Waals surface area contributed by atoms with Gasteiger partial charge in [0.1, 0.15) is 0 Å². The maximum Gasteiger partial charge on any atom is 0.320 e. The maximum atomic E-state index is 11.9. The van der Waals surface area contributed by atoms with E-state index in [1.807, 2.05) is 26.6 Å². The van der Waals surface area contributed by atoms with Gasteiger partial charge in [-0.15, -0.1) is 0 Å². The summed E-state index contributed by atoms with van der Waals surface area (Å²) in [5.41, 5.74) is 0. The van der Waals surface area contributed by atoms with E-state index in [0.29, 0.717) is 18.1 Å². The van der Waals surface area contributed by atoms with E-state index >= 15 is 0 Å². The highest BCUT2D eigenvalue weighted by atomic mass is 79.9. The topological polar surface area (TPSA) is 35.5 Å². The van der Waals surface area contributed by atoms with Crippen LogP contribution in [0, 0.1) is 0 Å². The maximum absolute atomic E-state index is 11.9.